The van der Waals surface area contributed by atoms with Crippen LogP contribution in [0.15, 0.2) is 72.8 Å². The zero-order valence-electron chi connectivity index (χ0n) is 30.8. The summed E-state index contributed by atoms with van der Waals surface area (Å²) in [4.78, 5) is 67.9. The number of hydrogen-bond donors (Lipinski definition) is 4. The number of hydrogen-bond acceptors (Lipinski definition) is 8. The van der Waals surface area contributed by atoms with Gasteiger partial charge in [0.25, 0.3) is 0 Å². The van der Waals surface area contributed by atoms with Gasteiger partial charge in [-0.05, 0) is 82.3 Å². The van der Waals surface area contributed by atoms with E-state index in [1.54, 1.807) is 9.80 Å². The lowest BCUT2D eigenvalue weighted by Gasteiger charge is -2.21. The number of benzene rings is 4. The predicted octanol–water partition coefficient (Wildman–Crippen LogP) is 6.12. The highest BCUT2D eigenvalue weighted by Gasteiger charge is 2.18. The molecule has 2 aromatic heterocycles. The van der Waals surface area contributed by atoms with E-state index in [-0.39, 0.29) is 24.9 Å². The van der Waals surface area contributed by atoms with Gasteiger partial charge in [0, 0.05) is 13.1 Å². The fourth-order valence-electron chi connectivity index (χ4n) is 6.39. The summed E-state index contributed by atoms with van der Waals surface area (Å²) in [5.41, 5.74) is 7.53. The van der Waals surface area contributed by atoms with Crippen LogP contribution in [-0.4, -0.2) is 94.1 Å². The van der Waals surface area contributed by atoms with Crippen molar-refractivity contribution in [2.24, 2.45) is 0 Å². The Morgan fingerprint density at radius 3 is 1.37 bits per heavy atom. The van der Waals surface area contributed by atoms with Gasteiger partial charge in [-0.1, -0.05) is 50.2 Å². The fourth-order valence-corrected chi connectivity index (χ4v) is 6.39. The zero-order chi connectivity index (χ0) is 38.2. The van der Waals surface area contributed by atoms with Crippen molar-refractivity contribution >= 4 is 56.8 Å². The Morgan fingerprint density at radius 2 is 0.981 bits per heavy atom. The molecule has 0 aliphatic carbocycles. The second-order valence-corrected chi connectivity index (χ2v) is 12.9. The van der Waals surface area contributed by atoms with E-state index in [9.17, 15) is 19.2 Å². The zero-order valence-corrected chi connectivity index (χ0v) is 30.8. The number of imidazole rings is 2. The molecule has 14 nitrogen and oxygen atoms in total. The number of rotatable bonds is 14. The number of aromatic amines is 2. The van der Waals surface area contributed by atoms with Crippen LogP contribution in [0.1, 0.15) is 38.3 Å². The number of nitrogens with zero attached hydrogens (tertiary/aromatic N) is 4. The molecule has 0 unspecified atom stereocenters. The van der Waals surface area contributed by atoms with Crippen LogP contribution in [0.4, 0.5) is 9.59 Å². The number of nitrogens with one attached hydrogen (secondary N) is 4. The maximum absolute atomic E-state index is 12.8. The SMILES string of the molecule is CCCN(Cc1nc2ccc(-c3ccc4cc(-c5ccc6nc(CN(CCC)C(=O)CNC(=O)OC)[nH]c6c5)ccc4c3)cc2[nH]1)C(=O)CNC(=O)OC. The largest absolute Gasteiger partial charge is 0.453 e. The van der Waals surface area contributed by atoms with Gasteiger partial charge < -0.3 is 39.9 Å². The molecule has 0 saturated heterocycles. The summed E-state index contributed by atoms with van der Waals surface area (Å²) in [5, 5.41) is 7.10. The average Bonchev–Trinajstić information content (AvgIpc) is 3.80. The topological polar surface area (TPSA) is 175 Å². The first-order valence-corrected chi connectivity index (χ1v) is 17.9. The molecule has 2 heterocycles. The van der Waals surface area contributed by atoms with Crippen molar-refractivity contribution in [3.8, 4) is 22.3 Å². The van der Waals surface area contributed by atoms with Crippen molar-refractivity contribution in [1.82, 2.24) is 40.4 Å². The molecular weight excluding hydrogens is 688 g/mol. The van der Waals surface area contributed by atoms with E-state index in [1.165, 1.54) is 14.2 Å². The van der Waals surface area contributed by atoms with Crippen molar-refractivity contribution in [2.45, 2.75) is 39.8 Å². The summed E-state index contributed by atoms with van der Waals surface area (Å²) in [6.45, 7) is 5.33. The maximum Gasteiger partial charge on any atom is 0.407 e. The van der Waals surface area contributed by atoms with Crippen LogP contribution in [0.5, 0.6) is 0 Å². The Labute approximate surface area is 312 Å². The third kappa shape index (κ3) is 8.77. The quantitative estimate of drug-likeness (QED) is 0.104. The molecular formula is C40H44N8O6. The van der Waals surface area contributed by atoms with Gasteiger partial charge in [-0.15, -0.1) is 0 Å². The molecule has 0 aliphatic rings. The minimum Gasteiger partial charge on any atom is -0.453 e. The highest BCUT2D eigenvalue weighted by Crippen LogP contribution is 2.31. The first kappa shape index (κ1) is 37.3. The van der Waals surface area contributed by atoms with Gasteiger partial charge in [0.05, 0.1) is 49.4 Å². The molecule has 0 aliphatic heterocycles. The number of fused-ring (bicyclic) bond motifs is 3. The number of carbonyl (C=O) groups is 4. The number of alkyl carbamates (subject to hydrolysis) is 2. The smallest absolute Gasteiger partial charge is 0.407 e. The van der Waals surface area contributed by atoms with Gasteiger partial charge in [0.15, 0.2) is 0 Å². The molecule has 0 bridgehead atoms. The lowest BCUT2D eigenvalue weighted by Crippen LogP contribution is -2.40. The van der Waals surface area contributed by atoms with Gasteiger partial charge in [-0.25, -0.2) is 19.6 Å². The molecule has 280 valence electrons. The highest BCUT2D eigenvalue weighted by atomic mass is 16.5. The lowest BCUT2D eigenvalue weighted by molar-refractivity contribution is -0.131. The van der Waals surface area contributed by atoms with E-state index in [0.717, 1.165) is 67.9 Å². The molecule has 0 spiro atoms. The number of aromatic nitrogens is 4. The van der Waals surface area contributed by atoms with Crippen LogP contribution < -0.4 is 10.6 Å². The lowest BCUT2D eigenvalue weighted by atomic mass is 9.97. The second-order valence-electron chi connectivity index (χ2n) is 12.9. The van der Waals surface area contributed by atoms with E-state index in [0.29, 0.717) is 37.8 Å². The third-order valence-corrected chi connectivity index (χ3v) is 9.08. The molecule has 4 aromatic carbocycles. The van der Waals surface area contributed by atoms with E-state index in [1.807, 2.05) is 38.1 Å². The van der Waals surface area contributed by atoms with Crippen molar-refractivity contribution in [2.75, 3.05) is 40.4 Å². The molecule has 0 atom stereocenters. The maximum atomic E-state index is 12.8. The van der Waals surface area contributed by atoms with Gasteiger partial charge in [-0.2, -0.15) is 0 Å². The van der Waals surface area contributed by atoms with Crippen LogP contribution in [-0.2, 0) is 32.2 Å². The summed E-state index contributed by atoms with van der Waals surface area (Å²) >= 11 is 0. The van der Waals surface area contributed by atoms with Crippen molar-refractivity contribution in [1.29, 1.82) is 0 Å². The third-order valence-electron chi connectivity index (χ3n) is 9.08. The molecule has 6 rings (SSSR count). The van der Waals surface area contributed by atoms with E-state index < -0.39 is 12.2 Å². The van der Waals surface area contributed by atoms with Gasteiger partial charge >= 0.3 is 12.2 Å². The molecule has 4 N–H and O–H groups in total. The van der Waals surface area contributed by atoms with Crippen LogP contribution in [0, 0.1) is 0 Å². The van der Waals surface area contributed by atoms with Crippen LogP contribution in [0.25, 0.3) is 55.1 Å². The number of methoxy groups -OCH3 is 2. The molecule has 14 heteroatoms. The highest BCUT2D eigenvalue weighted by molar-refractivity contribution is 5.93. The van der Waals surface area contributed by atoms with Gasteiger partial charge in [-0.3, -0.25) is 9.59 Å². The fraction of sp³-hybridized carbons (Fsp3) is 0.300. The molecule has 0 radical (unpaired) electrons. The molecule has 0 saturated carbocycles. The van der Waals surface area contributed by atoms with Crippen LogP contribution in [0.2, 0.25) is 0 Å². The molecule has 4 amide bonds. The van der Waals surface area contributed by atoms with Crippen LogP contribution in [0.3, 0.4) is 0 Å². The number of carbonyl (C=O) groups excluding carboxylic acids is 4. The number of amides is 4. The van der Waals surface area contributed by atoms with Crippen LogP contribution >= 0.6 is 0 Å². The Bertz CT molecular complexity index is 2150. The molecule has 54 heavy (non-hydrogen) atoms. The van der Waals surface area contributed by atoms with E-state index in [2.05, 4.69) is 78.6 Å². The number of ether oxygens (including phenoxy) is 2. The molecule has 0 fully saturated rings. The summed E-state index contributed by atoms with van der Waals surface area (Å²) in [5.74, 6) is 0.893. The Kier molecular flexibility index (Phi) is 11.7. The minimum absolute atomic E-state index is 0.149. The van der Waals surface area contributed by atoms with Crippen molar-refractivity contribution in [3.05, 3.63) is 84.4 Å². The predicted molar refractivity (Wildman–Crippen MR) is 206 cm³/mol. The molecule has 6 aromatic rings. The van der Waals surface area contributed by atoms with E-state index in [4.69, 9.17) is 9.97 Å². The minimum atomic E-state index is -0.649. The number of H-pyrrole nitrogens is 2. The first-order chi connectivity index (χ1) is 26.2. The summed E-state index contributed by atoms with van der Waals surface area (Å²) in [6.07, 6.45) is 0.232. The standard InChI is InChI=1S/C40H44N8O6/c1-5-15-47(37(49)21-41-39(51)53-3)23-35-43-31-13-11-29(19-33(31)45-35)27-9-7-26-18-28(10-8-25(26)17-27)30-12-14-32-34(20-30)46-36(44-32)24-48(16-6-2)38(50)22-42-40(52)54-4/h7-14,17-20H,5-6,15-16,21-24H2,1-4H3,(H,41,51)(H,42,52)(H,43,45)(H,44,46). The summed E-state index contributed by atoms with van der Waals surface area (Å²) in [7, 11) is 2.52. The normalized spacial score (nSPS) is 11.1. The summed E-state index contributed by atoms with van der Waals surface area (Å²) in [6, 6.07) is 25.0. The van der Waals surface area contributed by atoms with Gasteiger partial charge in [0.1, 0.15) is 24.7 Å². The Balaban J connectivity index is 1.16. The van der Waals surface area contributed by atoms with Gasteiger partial charge in [0.2, 0.25) is 11.8 Å². The first-order valence-electron chi connectivity index (χ1n) is 17.9. The van der Waals surface area contributed by atoms with Crippen molar-refractivity contribution in [3.63, 3.8) is 0 Å². The van der Waals surface area contributed by atoms with E-state index >= 15 is 0 Å². The average molecular weight is 733 g/mol. The Morgan fingerprint density at radius 1 is 0.593 bits per heavy atom. The van der Waals surface area contributed by atoms with Crippen molar-refractivity contribution < 1.29 is 28.7 Å². The monoisotopic (exact) mass is 732 g/mol. The summed E-state index contributed by atoms with van der Waals surface area (Å²) < 4.78 is 9.15. The second kappa shape index (κ2) is 16.9. The Hall–Kier alpha value is -6.44.